The lowest BCUT2D eigenvalue weighted by Crippen LogP contribution is -1.82. The number of benzene rings is 1. The molecule has 0 spiro atoms. The minimum Gasteiger partial charge on any atom is -0.192 e. The van der Waals surface area contributed by atoms with E-state index in [1.165, 1.54) is 18.4 Å². The lowest BCUT2D eigenvalue weighted by Gasteiger charge is -1.99. The fourth-order valence-corrected chi connectivity index (χ4v) is 1.63. The normalized spacial score (nSPS) is 15.7. The Bertz CT molecular complexity index is 347. The summed E-state index contributed by atoms with van der Waals surface area (Å²) in [6, 6.07) is 8.22. The first-order chi connectivity index (χ1) is 5.81. The Hall–Kier alpha value is -0.810. The van der Waals surface area contributed by atoms with Crippen LogP contribution in [-0.4, -0.2) is 0 Å². The van der Waals surface area contributed by atoms with Crippen LogP contribution >= 0.6 is 15.9 Å². The van der Waals surface area contributed by atoms with E-state index < -0.39 is 0 Å². The minimum absolute atomic E-state index is 0.727. The van der Waals surface area contributed by atoms with E-state index in [1.807, 2.05) is 12.1 Å². The Morgan fingerprint density at radius 2 is 2.17 bits per heavy atom. The molecule has 0 heterocycles. The van der Waals surface area contributed by atoms with E-state index in [1.54, 1.807) is 0 Å². The van der Waals surface area contributed by atoms with Crippen molar-refractivity contribution >= 4 is 15.9 Å². The van der Waals surface area contributed by atoms with Crippen molar-refractivity contribution in [2.24, 2.45) is 0 Å². The number of nitriles is 1. The summed E-state index contributed by atoms with van der Waals surface area (Å²) in [4.78, 5) is 0. The number of rotatable bonds is 1. The van der Waals surface area contributed by atoms with Crippen LogP contribution < -0.4 is 0 Å². The van der Waals surface area contributed by atoms with Gasteiger partial charge in [-0.15, -0.1) is 0 Å². The molecule has 1 aliphatic carbocycles. The summed E-state index contributed by atoms with van der Waals surface area (Å²) in [6.07, 6.45) is 2.57. The summed E-state index contributed by atoms with van der Waals surface area (Å²) >= 11 is 3.34. The van der Waals surface area contributed by atoms with Crippen LogP contribution in [0.4, 0.5) is 0 Å². The molecule has 0 bridgehead atoms. The van der Waals surface area contributed by atoms with Crippen molar-refractivity contribution in [2.75, 3.05) is 0 Å². The molecule has 2 rings (SSSR count). The standard InChI is InChI=1S/C10H8BrN/c11-10-4-3-8(7-1-2-7)5-9(10)6-12/h3-5,7H,1-2H2. The van der Waals surface area contributed by atoms with E-state index >= 15 is 0 Å². The zero-order valence-electron chi connectivity index (χ0n) is 6.55. The fraction of sp³-hybridized carbons (Fsp3) is 0.300. The lowest BCUT2D eigenvalue weighted by molar-refractivity contribution is 1.12. The molecular formula is C10H8BrN. The van der Waals surface area contributed by atoms with E-state index in [2.05, 4.69) is 28.1 Å². The van der Waals surface area contributed by atoms with Gasteiger partial charge in [0.2, 0.25) is 0 Å². The molecule has 1 saturated carbocycles. The van der Waals surface area contributed by atoms with E-state index in [9.17, 15) is 0 Å². The van der Waals surface area contributed by atoms with Crippen LogP contribution in [0.2, 0.25) is 0 Å². The fourth-order valence-electron chi connectivity index (χ4n) is 1.30. The molecule has 1 nitrogen and oxygen atoms in total. The molecule has 0 aromatic heterocycles. The third-order valence-electron chi connectivity index (χ3n) is 2.16. The molecule has 0 atom stereocenters. The summed E-state index contributed by atoms with van der Waals surface area (Å²) in [5.41, 5.74) is 2.06. The molecule has 0 aliphatic heterocycles. The van der Waals surface area contributed by atoms with Gasteiger partial charge in [-0.1, -0.05) is 6.07 Å². The van der Waals surface area contributed by atoms with Gasteiger partial charge in [-0.05, 0) is 52.4 Å². The lowest BCUT2D eigenvalue weighted by atomic mass is 10.1. The Morgan fingerprint density at radius 1 is 1.42 bits per heavy atom. The Balaban J connectivity index is 2.42. The molecule has 0 radical (unpaired) electrons. The highest BCUT2D eigenvalue weighted by Crippen LogP contribution is 2.40. The second-order valence-electron chi connectivity index (χ2n) is 3.13. The molecule has 0 saturated heterocycles. The summed E-state index contributed by atoms with van der Waals surface area (Å²) < 4.78 is 0.898. The van der Waals surface area contributed by atoms with Crippen molar-refractivity contribution < 1.29 is 0 Å². The molecule has 2 heteroatoms. The van der Waals surface area contributed by atoms with Gasteiger partial charge in [-0.3, -0.25) is 0 Å². The van der Waals surface area contributed by atoms with Gasteiger partial charge >= 0.3 is 0 Å². The number of halogens is 1. The topological polar surface area (TPSA) is 23.8 Å². The van der Waals surface area contributed by atoms with Crippen molar-refractivity contribution in [1.82, 2.24) is 0 Å². The molecule has 1 aromatic rings. The van der Waals surface area contributed by atoms with Gasteiger partial charge in [0, 0.05) is 4.47 Å². The summed E-state index contributed by atoms with van der Waals surface area (Å²) in [7, 11) is 0. The molecule has 0 amide bonds. The third-order valence-corrected chi connectivity index (χ3v) is 2.85. The zero-order chi connectivity index (χ0) is 8.55. The largest absolute Gasteiger partial charge is 0.192 e. The predicted octanol–water partition coefficient (Wildman–Crippen LogP) is 3.20. The van der Waals surface area contributed by atoms with Crippen molar-refractivity contribution in [1.29, 1.82) is 5.26 Å². The number of hydrogen-bond donors (Lipinski definition) is 0. The molecule has 1 aromatic carbocycles. The average Bonchev–Trinajstić information content (AvgIpc) is 2.88. The second-order valence-corrected chi connectivity index (χ2v) is 3.98. The van der Waals surface area contributed by atoms with E-state index in [-0.39, 0.29) is 0 Å². The third kappa shape index (κ3) is 1.37. The highest BCUT2D eigenvalue weighted by molar-refractivity contribution is 9.10. The highest BCUT2D eigenvalue weighted by atomic mass is 79.9. The van der Waals surface area contributed by atoms with Crippen LogP contribution in [0.1, 0.15) is 29.9 Å². The van der Waals surface area contributed by atoms with E-state index in [0.717, 1.165) is 16.0 Å². The van der Waals surface area contributed by atoms with Crippen molar-refractivity contribution in [3.05, 3.63) is 33.8 Å². The summed E-state index contributed by atoms with van der Waals surface area (Å²) in [5.74, 6) is 0.727. The maximum atomic E-state index is 8.77. The van der Waals surface area contributed by atoms with Gasteiger partial charge in [-0.25, -0.2) is 0 Å². The monoisotopic (exact) mass is 221 g/mol. The van der Waals surface area contributed by atoms with Crippen molar-refractivity contribution in [3.8, 4) is 6.07 Å². The van der Waals surface area contributed by atoms with Gasteiger partial charge in [0.25, 0.3) is 0 Å². The molecule has 0 unspecified atom stereocenters. The number of hydrogen-bond acceptors (Lipinski definition) is 1. The molecular weight excluding hydrogens is 214 g/mol. The molecule has 1 aliphatic rings. The Kier molecular flexibility index (Phi) is 1.90. The number of nitrogens with zero attached hydrogens (tertiary/aromatic N) is 1. The van der Waals surface area contributed by atoms with E-state index in [0.29, 0.717) is 0 Å². The summed E-state index contributed by atoms with van der Waals surface area (Å²) in [5, 5.41) is 8.77. The molecule has 1 fully saturated rings. The van der Waals surface area contributed by atoms with Crippen LogP contribution in [0.15, 0.2) is 22.7 Å². The van der Waals surface area contributed by atoms with Crippen LogP contribution in [0.25, 0.3) is 0 Å². The Labute approximate surface area is 80.1 Å². The Morgan fingerprint density at radius 3 is 2.75 bits per heavy atom. The second kappa shape index (κ2) is 2.91. The van der Waals surface area contributed by atoms with Crippen molar-refractivity contribution in [2.45, 2.75) is 18.8 Å². The maximum Gasteiger partial charge on any atom is 0.100 e. The van der Waals surface area contributed by atoms with Gasteiger partial charge < -0.3 is 0 Å². The first-order valence-electron chi connectivity index (χ1n) is 4.01. The summed E-state index contributed by atoms with van der Waals surface area (Å²) in [6.45, 7) is 0. The molecule has 12 heavy (non-hydrogen) atoms. The van der Waals surface area contributed by atoms with Crippen LogP contribution in [0.5, 0.6) is 0 Å². The van der Waals surface area contributed by atoms with Gasteiger partial charge in [0.05, 0.1) is 5.56 Å². The zero-order valence-corrected chi connectivity index (χ0v) is 8.13. The quantitative estimate of drug-likeness (QED) is 0.715. The smallest absolute Gasteiger partial charge is 0.100 e. The maximum absolute atomic E-state index is 8.77. The highest BCUT2D eigenvalue weighted by Gasteiger charge is 2.23. The van der Waals surface area contributed by atoms with Gasteiger partial charge in [0.1, 0.15) is 6.07 Å². The minimum atomic E-state index is 0.727. The van der Waals surface area contributed by atoms with Crippen LogP contribution in [0, 0.1) is 11.3 Å². The molecule has 60 valence electrons. The molecule has 0 N–H and O–H groups in total. The van der Waals surface area contributed by atoms with Gasteiger partial charge in [-0.2, -0.15) is 5.26 Å². The first-order valence-corrected chi connectivity index (χ1v) is 4.80. The average molecular weight is 222 g/mol. The van der Waals surface area contributed by atoms with Gasteiger partial charge in [0.15, 0.2) is 0 Å². The SMILES string of the molecule is N#Cc1cc(C2CC2)ccc1Br. The van der Waals surface area contributed by atoms with Crippen LogP contribution in [0.3, 0.4) is 0 Å². The first kappa shape index (κ1) is 7.82. The van der Waals surface area contributed by atoms with Crippen LogP contribution in [-0.2, 0) is 0 Å². The van der Waals surface area contributed by atoms with Crippen molar-refractivity contribution in [3.63, 3.8) is 0 Å². The van der Waals surface area contributed by atoms with E-state index in [4.69, 9.17) is 5.26 Å². The predicted molar refractivity (Wildman–Crippen MR) is 50.8 cm³/mol.